The summed E-state index contributed by atoms with van der Waals surface area (Å²) in [5, 5.41) is 0. The van der Waals surface area contributed by atoms with E-state index in [1.807, 2.05) is 24.3 Å². The van der Waals surface area contributed by atoms with E-state index in [1.165, 1.54) is 0 Å². The zero-order chi connectivity index (χ0) is 11.1. The molecule has 0 aromatic heterocycles. The van der Waals surface area contributed by atoms with Crippen LogP contribution in [-0.4, -0.2) is 12.5 Å². The van der Waals surface area contributed by atoms with Gasteiger partial charge in [-0.3, -0.25) is 0 Å². The van der Waals surface area contributed by atoms with Crippen LogP contribution in [0.15, 0.2) is 28.7 Å². The van der Waals surface area contributed by atoms with Gasteiger partial charge in [0.15, 0.2) is 0 Å². The molecule has 1 fully saturated rings. The van der Waals surface area contributed by atoms with Crippen molar-refractivity contribution in [1.29, 1.82) is 0 Å². The van der Waals surface area contributed by atoms with E-state index in [9.17, 15) is 8.78 Å². The largest absolute Gasteiger partial charge is 0.330 e. The first kappa shape index (κ1) is 11.0. The molecule has 1 saturated carbocycles. The molecule has 82 valence electrons. The van der Waals surface area contributed by atoms with Crippen LogP contribution in [0, 0.1) is 0 Å². The van der Waals surface area contributed by atoms with Crippen LogP contribution in [0.25, 0.3) is 0 Å². The molecular weight excluding hydrogens is 264 g/mol. The predicted molar refractivity (Wildman–Crippen MR) is 59.1 cm³/mol. The highest BCUT2D eigenvalue weighted by Gasteiger charge is 2.56. The van der Waals surface area contributed by atoms with Crippen molar-refractivity contribution in [1.82, 2.24) is 0 Å². The molecule has 2 N–H and O–H groups in total. The molecule has 0 radical (unpaired) electrons. The minimum absolute atomic E-state index is 0.140. The molecule has 1 aromatic carbocycles. The summed E-state index contributed by atoms with van der Waals surface area (Å²) in [4.78, 5) is 0. The summed E-state index contributed by atoms with van der Waals surface area (Å²) in [6.07, 6.45) is -0.280. The van der Waals surface area contributed by atoms with Crippen molar-refractivity contribution < 1.29 is 8.78 Å². The quantitative estimate of drug-likeness (QED) is 0.882. The van der Waals surface area contributed by atoms with Crippen LogP contribution in [-0.2, 0) is 5.41 Å². The fourth-order valence-electron chi connectivity index (χ4n) is 2.27. The molecule has 0 atom stereocenters. The van der Waals surface area contributed by atoms with Gasteiger partial charge in [0.1, 0.15) is 0 Å². The van der Waals surface area contributed by atoms with Gasteiger partial charge in [0.2, 0.25) is 5.92 Å². The molecule has 0 saturated heterocycles. The Kier molecular flexibility index (Phi) is 2.59. The lowest BCUT2D eigenvalue weighted by Crippen LogP contribution is -2.53. The van der Waals surface area contributed by atoms with Crippen LogP contribution in [0.4, 0.5) is 8.78 Å². The normalized spacial score (nSPS) is 22.1. The molecule has 0 unspecified atom stereocenters. The average molecular weight is 276 g/mol. The highest BCUT2D eigenvalue weighted by molar-refractivity contribution is 9.10. The maximum absolute atomic E-state index is 13.0. The van der Waals surface area contributed by atoms with Crippen LogP contribution < -0.4 is 5.73 Å². The second-order valence-corrected chi connectivity index (χ2v) is 5.03. The van der Waals surface area contributed by atoms with E-state index in [2.05, 4.69) is 15.9 Å². The number of hydrogen-bond donors (Lipinski definition) is 1. The smallest absolute Gasteiger partial charge is 0.250 e. The molecule has 0 amide bonds. The summed E-state index contributed by atoms with van der Waals surface area (Å²) in [7, 11) is 0. The Morgan fingerprint density at radius 1 is 1.27 bits per heavy atom. The van der Waals surface area contributed by atoms with Crippen LogP contribution in [0.1, 0.15) is 18.4 Å². The Balaban J connectivity index is 2.34. The van der Waals surface area contributed by atoms with E-state index < -0.39 is 11.3 Å². The molecule has 0 bridgehead atoms. The molecule has 2 rings (SSSR count). The van der Waals surface area contributed by atoms with Gasteiger partial charge in [0, 0.05) is 29.3 Å². The van der Waals surface area contributed by atoms with Crippen LogP contribution in [0.5, 0.6) is 0 Å². The Morgan fingerprint density at radius 3 is 2.33 bits per heavy atom. The van der Waals surface area contributed by atoms with Gasteiger partial charge in [-0.1, -0.05) is 34.1 Å². The van der Waals surface area contributed by atoms with E-state index in [4.69, 9.17) is 5.73 Å². The third-order valence-electron chi connectivity index (χ3n) is 3.03. The monoisotopic (exact) mass is 275 g/mol. The number of hydrogen-bond acceptors (Lipinski definition) is 1. The van der Waals surface area contributed by atoms with Crippen molar-refractivity contribution in [2.75, 3.05) is 6.54 Å². The average Bonchev–Trinajstić information content (AvgIpc) is 2.14. The fraction of sp³-hybridized carbons (Fsp3) is 0.455. The minimum atomic E-state index is -2.55. The van der Waals surface area contributed by atoms with Crippen molar-refractivity contribution in [2.24, 2.45) is 5.73 Å². The Labute approximate surface area is 95.8 Å². The lowest BCUT2D eigenvalue weighted by Gasteiger charge is -2.47. The summed E-state index contributed by atoms with van der Waals surface area (Å²) in [6, 6.07) is 7.46. The van der Waals surface area contributed by atoms with Crippen molar-refractivity contribution >= 4 is 15.9 Å². The SMILES string of the molecule is NCC1(c2ccccc2Br)CC(F)(F)C1. The minimum Gasteiger partial charge on any atom is -0.330 e. The Hall–Kier alpha value is -0.480. The van der Waals surface area contributed by atoms with Gasteiger partial charge in [0.05, 0.1) is 0 Å². The number of nitrogens with two attached hydrogens (primary N) is 1. The topological polar surface area (TPSA) is 26.0 Å². The highest BCUT2D eigenvalue weighted by Crippen LogP contribution is 2.54. The van der Waals surface area contributed by atoms with Crippen molar-refractivity contribution in [2.45, 2.75) is 24.2 Å². The van der Waals surface area contributed by atoms with Gasteiger partial charge in [-0.15, -0.1) is 0 Å². The van der Waals surface area contributed by atoms with Gasteiger partial charge < -0.3 is 5.73 Å². The van der Waals surface area contributed by atoms with Crippen molar-refractivity contribution in [3.8, 4) is 0 Å². The van der Waals surface area contributed by atoms with Crippen molar-refractivity contribution in [3.63, 3.8) is 0 Å². The molecule has 1 aliphatic carbocycles. The van der Waals surface area contributed by atoms with Crippen LogP contribution in [0.2, 0.25) is 0 Å². The Bertz CT molecular complexity index is 371. The summed E-state index contributed by atoms with van der Waals surface area (Å²) >= 11 is 3.38. The zero-order valence-electron chi connectivity index (χ0n) is 8.14. The van der Waals surface area contributed by atoms with Gasteiger partial charge in [-0.25, -0.2) is 8.78 Å². The predicted octanol–water partition coefficient (Wildman–Crippen LogP) is 3.07. The zero-order valence-corrected chi connectivity index (χ0v) is 9.73. The number of halogens is 3. The molecular formula is C11H12BrF2N. The van der Waals surface area contributed by atoms with E-state index in [-0.39, 0.29) is 19.4 Å². The Morgan fingerprint density at radius 2 is 1.87 bits per heavy atom. The molecule has 1 aromatic rings. The van der Waals surface area contributed by atoms with Crippen molar-refractivity contribution in [3.05, 3.63) is 34.3 Å². The van der Waals surface area contributed by atoms with E-state index in [0.717, 1.165) is 10.0 Å². The number of alkyl halides is 2. The molecule has 4 heteroatoms. The maximum atomic E-state index is 13.0. The van der Waals surface area contributed by atoms with Gasteiger partial charge in [-0.2, -0.15) is 0 Å². The third-order valence-corrected chi connectivity index (χ3v) is 3.72. The lowest BCUT2D eigenvalue weighted by molar-refractivity contribution is -0.124. The molecule has 1 aliphatic rings. The molecule has 1 nitrogen and oxygen atoms in total. The fourth-order valence-corrected chi connectivity index (χ4v) is 2.98. The van der Waals surface area contributed by atoms with Gasteiger partial charge in [0.25, 0.3) is 0 Å². The molecule has 15 heavy (non-hydrogen) atoms. The second-order valence-electron chi connectivity index (χ2n) is 4.17. The maximum Gasteiger partial charge on any atom is 0.250 e. The molecule has 0 spiro atoms. The highest BCUT2D eigenvalue weighted by atomic mass is 79.9. The molecule has 0 aliphatic heterocycles. The van der Waals surface area contributed by atoms with Crippen LogP contribution >= 0.6 is 15.9 Å². The van der Waals surface area contributed by atoms with Gasteiger partial charge >= 0.3 is 0 Å². The summed E-state index contributed by atoms with van der Waals surface area (Å²) in [5.74, 6) is -2.55. The summed E-state index contributed by atoms with van der Waals surface area (Å²) in [6.45, 7) is 0.269. The van der Waals surface area contributed by atoms with E-state index in [0.29, 0.717) is 0 Å². The molecule has 0 heterocycles. The number of rotatable bonds is 2. The van der Waals surface area contributed by atoms with E-state index in [1.54, 1.807) is 0 Å². The first-order chi connectivity index (χ1) is 6.99. The third kappa shape index (κ3) is 1.81. The lowest BCUT2D eigenvalue weighted by atomic mass is 9.62. The first-order valence-corrected chi connectivity index (χ1v) is 5.61. The van der Waals surface area contributed by atoms with E-state index >= 15 is 0 Å². The van der Waals surface area contributed by atoms with Gasteiger partial charge in [-0.05, 0) is 11.6 Å². The standard InChI is InChI=1S/C11H12BrF2N/c12-9-4-2-1-3-8(9)10(7-15)5-11(13,14)6-10/h1-4H,5-7,15H2. The van der Waals surface area contributed by atoms with Crippen LogP contribution in [0.3, 0.4) is 0 Å². The summed E-state index contributed by atoms with van der Waals surface area (Å²) in [5.41, 5.74) is 6.00. The summed E-state index contributed by atoms with van der Waals surface area (Å²) < 4.78 is 26.8. The first-order valence-electron chi connectivity index (χ1n) is 4.82. The second kappa shape index (κ2) is 3.52. The number of benzene rings is 1.